The number of guanidine groups is 1. The van der Waals surface area contributed by atoms with Crippen LogP contribution in [0.25, 0.3) is 0 Å². The molecule has 1 aliphatic heterocycles. The largest absolute Gasteiger partial charge is 0.356 e. The van der Waals surface area contributed by atoms with Crippen molar-refractivity contribution in [2.24, 2.45) is 4.99 Å². The van der Waals surface area contributed by atoms with Crippen molar-refractivity contribution >= 4 is 41.3 Å². The maximum Gasteiger partial charge on any atom is 0.193 e. The van der Waals surface area contributed by atoms with Gasteiger partial charge in [0.2, 0.25) is 0 Å². The Balaban J connectivity index is 0.00000144. The summed E-state index contributed by atoms with van der Waals surface area (Å²) in [6.07, 6.45) is 4.05. The van der Waals surface area contributed by atoms with Gasteiger partial charge in [0.25, 0.3) is 0 Å². The first kappa shape index (κ1) is 14.7. The molecule has 0 fully saturated rings. The van der Waals surface area contributed by atoms with E-state index in [4.69, 9.17) is 0 Å². The zero-order valence-corrected chi connectivity index (χ0v) is 13.4. The van der Waals surface area contributed by atoms with E-state index in [-0.39, 0.29) is 24.0 Å². The molecule has 0 saturated heterocycles. The van der Waals surface area contributed by atoms with Crippen LogP contribution in [-0.4, -0.2) is 42.5 Å². The summed E-state index contributed by atoms with van der Waals surface area (Å²) in [4.78, 5) is 12.3. The molecule has 0 spiro atoms. The van der Waals surface area contributed by atoms with Gasteiger partial charge in [0.15, 0.2) is 5.96 Å². The lowest BCUT2D eigenvalue weighted by Gasteiger charge is -2.14. The van der Waals surface area contributed by atoms with Crippen molar-refractivity contribution in [1.82, 2.24) is 15.2 Å². The summed E-state index contributed by atoms with van der Waals surface area (Å²) < 4.78 is 0. The average molecular weight is 366 g/mol. The number of aliphatic imine (C=N–C) groups is 1. The first-order valence-electron chi connectivity index (χ1n) is 5.72. The van der Waals surface area contributed by atoms with Crippen LogP contribution >= 0.6 is 35.3 Å². The number of rotatable bonds is 4. The van der Waals surface area contributed by atoms with Crippen molar-refractivity contribution in [3.63, 3.8) is 0 Å². The number of hydrogen-bond acceptors (Lipinski definition) is 5. The van der Waals surface area contributed by atoms with E-state index in [1.165, 1.54) is 9.88 Å². The third-order valence-corrected chi connectivity index (χ3v) is 3.83. The fourth-order valence-corrected chi connectivity index (χ4v) is 2.49. The van der Waals surface area contributed by atoms with E-state index in [0.29, 0.717) is 0 Å². The monoisotopic (exact) mass is 366 g/mol. The van der Waals surface area contributed by atoms with Crippen molar-refractivity contribution in [2.45, 2.75) is 19.8 Å². The van der Waals surface area contributed by atoms with Gasteiger partial charge in [-0.25, -0.2) is 4.98 Å². The van der Waals surface area contributed by atoms with Crippen molar-refractivity contribution in [3.8, 4) is 0 Å². The van der Waals surface area contributed by atoms with Crippen LogP contribution in [0.2, 0.25) is 0 Å². The van der Waals surface area contributed by atoms with Gasteiger partial charge in [-0.3, -0.25) is 4.99 Å². The Morgan fingerprint density at radius 1 is 1.53 bits per heavy atom. The fourth-order valence-electron chi connectivity index (χ4n) is 1.63. The Morgan fingerprint density at radius 3 is 2.94 bits per heavy atom. The molecule has 1 aromatic heterocycles. The van der Waals surface area contributed by atoms with Gasteiger partial charge in [0, 0.05) is 37.6 Å². The van der Waals surface area contributed by atoms with Gasteiger partial charge >= 0.3 is 0 Å². The van der Waals surface area contributed by atoms with Crippen molar-refractivity contribution in [1.29, 1.82) is 0 Å². The van der Waals surface area contributed by atoms with E-state index in [1.807, 2.05) is 17.5 Å². The highest BCUT2D eigenvalue weighted by molar-refractivity contribution is 14.0. The Labute approximate surface area is 124 Å². The van der Waals surface area contributed by atoms with E-state index in [2.05, 4.69) is 34.2 Å². The van der Waals surface area contributed by atoms with E-state index in [9.17, 15) is 0 Å². The molecule has 1 aromatic rings. The van der Waals surface area contributed by atoms with Crippen LogP contribution in [0.15, 0.2) is 11.2 Å². The van der Waals surface area contributed by atoms with Gasteiger partial charge in [-0.1, -0.05) is 6.92 Å². The Bertz CT molecular complexity index is 377. The van der Waals surface area contributed by atoms with Crippen molar-refractivity contribution in [2.75, 3.05) is 26.7 Å². The van der Waals surface area contributed by atoms with Gasteiger partial charge in [-0.15, -0.1) is 35.3 Å². The second kappa shape index (κ2) is 7.15. The first-order chi connectivity index (χ1) is 7.79. The second-order valence-corrected chi connectivity index (χ2v) is 5.08. The summed E-state index contributed by atoms with van der Waals surface area (Å²) in [7, 11) is 2.07. The van der Waals surface area contributed by atoms with E-state index >= 15 is 0 Å². The standard InChI is InChI=1S/C11H18N4S.HI/c1-3-9-8-14-10(16-9)4-5-12-11-13-6-7-15(11)2;/h8H,3-7H2,1-2H3,(H,12,13);1H. The van der Waals surface area contributed by atoms with Gasteiger partial charge < -0.3 is 10.2 Å². The Hall–Kier alpha value is -0.370. The molecule has 0 amide bonds. The quantitative estimate of drug-likeness (QED) is 0.826. The fraction of sp³-hybridized carbons (Fsp3) is 0.636. The predicted molar refractivity (Wildman–Crippen MR) is 83.5 cm³/mol. The van der Waals surface area contributed by atoms with Crippen LogP contribution in [0.5, 0.6) is 0 Å². The molecule has 0 unspecified atom stereocenters. The predicted octanol–water partition coefficient (Wildman–Crippen LogP) is 1.76. The zero-order valence-electron chi connectivity index (χ0n) is 10.3. The van der Waals surface area contributed by atoms with Crippen molar-refractivity contribution in [3.05, 3.63) is 16.1 Å². The molecule has 4 nitrogen and oxygen atoms in total. The summed E-state index contributed by atoms with van der Waals surface area (Å²) >= 11 is 1.81. The summed E-state index contributed by atoms with van der Waals surface area (Å²) in [5, 5.41) is 4.56. The van der Waals surface area contributed by atoms with Crippen molar-refractivity contribution < 1.29 is 0 Å². The maximum absolute atomic E-state index is 4.40. The third kappa shape index (κ3) is 4.09. The van der Waals surface area contributed by atoms with Crippen LogP contribution in [-0.2, 0) is 12.8 Å². The van der Waals surface area contributed by atoms with E-state index < -0.39 is 0 Å². The highest BCUT2D eigenvalue weighted by atomic mass is 127. The molecule has 17 heavy (non-hydrogen) atoms. The van der Waals surface area contributed by atoms with Gasteiger partial charge in [0.1, 0.15) is 0 Å². The number of aromatic nitrogens is 1. The number of hydrogen-bond donors (Lipinski definition) is 1. The van der Waals surface area contributed by atoms with Crippen LogP contribution in [0.3, 0.4) is 0 Å². The first-order valence-corrected chi connectivity index (χ1v) is 6.54. The summed E-state index contributed by atoms with van der Waals surface area (Å²) in [6.45, 7) is 5.02. The van der Waals surface area contributed by atoms with Gasteiger partial charge in [0.05, 0.1) is 11.6 Å². The third-order valence-electron chi connectivity index (χ3n) is 2.63. The molecule has 1 aliphatic rings. The highest BCUT2D eigenvalue weighted by Crippen LogP contribution is 2.13. The lowest BCUT2D eigenvalue weighted by molar-refractivity contribution is 0.534. The minimum Gasteiger partial charge on any atom is -0.356 e. The lowest BCUT2D eigenvalue weighted by Crippen LogP contribution is -2.36. The van der Waals surface area contributed by atoms with Crippen LogP contribution in [0.4, 0.5) is 0 Å². The normalized spacial score (nSPS) is 14.5. The van der Waals surface area contributed by atoms with Crippen LogP contribution in [0, 0.1) is 0 Å². The molecule has 2 rings (SSSR count). The molecule has 0 aliphatic carbocycles. The molecular weight excluding hydrogens is 347 g/mol. The molecule has 0 bridgehead atoms. The van der Waals surface area contributed by atoms with E-state index in [0.717, 1.165) is 38.4 Å². The topological polar surface area (TPSA) is 40.5 Å². The number of nitrogens with zero attached hydrogens (tertiary/aromatic N) is 3. The molecule has 0 saturated carbocycles. The molecule has 0 radical (unpaired) electrons. The minimum atomic E-state index is 0. The lowest BCUT2D eigenvalue weighted by atomic mass is 10.4. The molecular formula is C11H19IN4S. The zero-order chi connectivity index (χ0) is 11.4. The number of nitrogens with one attached hydrogen (secondary N) is 1. The maximum atomic E-state index is 4.40. The van der Waals surface area contributed by atoms with Crippen LogP contribution < -0.4 is 5.32 Å². The number of halogens is 1. The smallest absolute Gasteiger partial charge is 0.193 e. The van der Waals surface area contributed by atoms with Gasteiger partial charge in [-0.2, -0.15) is 0 Å². The number of likely N-dealkylation sites (N-methyl/N-ethyl adjacent to an activating group) is 1. The minimum absolute atomic E-state index is 0. The highest BCUT2D eigenvalue weighted by Gasteiger charge is 2.11. The second-order valence-electron chi connectivity index (χ2n) is 3.88. The molecule has 6 heteroatoms. The molecule has 1 N–H and O–H groups in total. The van der Waals surface area contributed by atoms with Crippen LogP contribution in [0.1, 0.15) is 16.8 Å². The Kier molecular flexibility index (Phi) is 6.18. The van der Waals surface area contributed by atoms with Gasteiger partial charge in [-0.05, 0) is 6.42 Å². The molecule has 2 heterocycles. The molecule has 0 aromatic carbocycles. The molecule has 0 atom stereocenters. The summed E-state index contributed by atoms with van der Waals surface area (Å²) in [6, 6.07) is 0. The number of aryl methyl sites for hydroxylation is 1. The summed E-state index contributed by atoms with van der Waals surface area (Å²) in [5.74, 6) is 1.02. The summed E-state index contributed by atoms with van der Waals surface area (Å²) in [5.41, 5.74) is 0. The Morgan fingerprint density at radius 2 is 2.35 bits per heavy atom. The SMILES string of the molecule is CCc1cnc(CCNC2=NCCN2C)s1.I. The molecule has 96 valence electrons. The number of thiazole rings is 1. The van der Waals surface area contributed by atoms with E-state index in [1.54, 1.807) is 0 Å². The average Bonchev–Trinajstić information content (AvgIpc) is 2.89.